The average Bonchev–Trinajstić information content (AvgIpc) is 2.09. The molecule has 0 spiro atoms. The number of alkyl halides is 2. The van der Waals surface area contributed by atoms with E-state index in [1.165, 1.54) is 0 Å². The number of hydrogen-bond acceptors (Lipinski definition) is 2. The number of pyridine rings is 1. The molecule has 0 aliphatic heterocycles. The van der Waals surface area contributed by atoms with E-state index in [0.717, 1.165) is 6.20 Å². The molecule has 2 nitrogen and oxygen atoms in total. The van der Waals surface area contributed by atoms with Crippen molar-refractivity contribution >= 4 is 27.5 Å². The average molecular weight is 272 g/mol. The third kappa shape index (κ3) is 2.15. The maximum Gasteiger partial charge on any atom is 0.280 e. The van der Waals surface area contributed by atoms with Crippen LogP contribution in [0, 0.1) is 0 Å². The summed E-state index contributed by atoms with van der Waals surface area (Å²) >= 11 is 8.60. The van der Waals surface area contributed by atoms with Crippen molar-refractivity contribution in [3.05, 3.63) is 26.9 Å². The third-order valence-electron chi connectivity index (χ3n) is 1.47. The van der Waals surface area contributed by atoms with Gasteiger partial charge in [0.2, 0.25) is 0 Å². The minimum absolute atomic E-state index is 0.0301. The maximum atomic E-state index is 12.3. The van der Waals surface area contributed by atoms with Gasteiger partial charge in [-0.15, -0.1) is 0 Å². The van der Waals surface area contributed by atoms with Gasteiger partial charge in [-0.05, 0) is 15.9 Å². The van der Waals surface area contributed by atoms with Crippen LogP contribution in [0.5, 0.6) is 0 Å². The zero-order valence-corrected chi connectivity index (χ0v) is 8.61. The van der Waals surface area contributed by atoms with Gasteiger partial charge < -0.3 is 5.11 Å². The van der Waals surface area contributed by atoms with Crippen LogP contribution in [-0.2, 0) is 6.61 Å². The van der Waals surface area contributed by atoms with Crippen LogP contribution in [0.15, 0.2) is 10.7 Å². The lowest BCUT2D eigenvalue weighted by atomic mass is 10.2. The van der Waals surface area contributed by atoms with Gasteiger partial charge in [0.15, 0.2) is 0 Å². The Morgan fingerprint density at radius 1 is 1.62 bits per heavy atom. The van der Waals surface area contributed by atoms with Crippen LogP contribution in [-0.4, -0.2) is 10.1 Å². The first-order chi connectivity index (χ1) is 6.07. The number of rotatable bonds is 2. The van der Waals surface area contributed by atoms with Crippen molar-refractivity contribution < 1.29 is 13.9 Å². The maximum absolute atomic E-state index is 12.3. The van der Waals surface area contributed by atoms with E-state index >= 15 is 0 Å². The summed E-state index contributed by atoms with van der Waals surface area (Å²) in [5, 5.41) is 9.01. The minimum atomic E-state index is -2.71. The predicted octanol–water partition coefficient (Wildman–Crippen LogP) is 2.93. The molecule has 1 N–H and O–H groups in total. The molecule has 1 aromatic rings. The minimum Gasteiger partial charge on any atom is -0.392 e. The number of nitrogens with zero attached hydrogens (tertiary/aromatic N) is 1. The van der Waals surface area contributed by atoms with Crippen LogP contribution >= 0.6 is 27.5 Å². The van der Waals surface area contributed by atoms with E-state index in [-0.39, 0.29) is 15.1 Å². The summed E-state index contributed by atoms with van der Waals surface area (Å²) in [7, 11) is 0. The van der Waals surface area contributed by atoms with Gasteiger partial charge in [-0.2, -0.15) is 0 Å². The van der Waals surface area contributed by atoms with Crippen molar-refractivity contribution in [1.29, 1.82) is 0 Å². The van der Waals surface area contributed by atoms with Crippen LogP contribution in [0.25, 0.3) is 0 Å². The molecule has 0 aromatic carbocycles. The molecule has 0 saturated heterocycles. The summed E-state index contributed by atoms with van der Waals surface area (Å²) in [6.07, 6.45) is -1.59. The molecule has 1 aromatic heterocycles. The standard InChI is InChI=1S/C7H5BrClF2NO/c8-5-3(2-13)6(7(10)11)12-1-4(5)9/h1,7,13H,2H2. The van der Waals surface area contributed by atoms with E-state index in [0.29, 0.717) is 0 Å². The quantitative estimate of drug-likeness (QED) is 0.898. The second-order valence-corrected chi connectivity index (χ2v) is 3.44. The first kappa shape index (κ1) is 10.8. The lowest BCUT2D eigenvalue weighted by molar-refractivity contribution is 0.141. The van der Waals surface area contributed by atoms with Gasteiger partial charge >= 0.3 is 0 Å². The number of aromatic nitrogens is 1. The van der Waals surface area contributed by atoms with E-state index in [1.807, 2.05) is 0 Å². The van der Waals surface area contributed by atoms with Crippen molar-refractivity contribution in [3.63, 3.8) is 0 Å². The van der Waals surface area contributed by atoms with E-state index < -0.39 is 18.7 Å². The van der Waals surface area contributed by atoms with Crippen LogP contribution in [0.2, 0.25) is 5.02 Å². The number of aliphatic hydroxyl groups is 1. The van der Waals surface area contributed by atoms with Crippen molar-refractivity contribution in [2.45, 2.75) is 13.0 Å². The Bertz CT molecular complexity index is 322. The Hall–Kier alpha value is -0.260. The van der Waals surface area contributed by atoms with Crippen molar-refractivity contribution in [1.82, 2.24) is 4.98 Å². The number of hydrogen-bond donors (Lipinski definition) is 1. The van der Waals surface area contributed by atoms with Gasteiger partial charge in [-0.25, -0.2) is 8.78 Å². The zero-order valence-electron chi connectivity index (χ0n) is 6.27. The number of halogens is 4. The molecule has 1 rings (SSSR count). The summed E-state index contributed by atoms with van der Waals surface area (Å²) < 4.78 is 24.8. The fourth-order valence-corrected chi connectivity index (χ4v) is 1.45. The second-order valence-electron chi connectivity index (χ2n) is 2.24. The Balaban J connectivity index is 3.30. The summed E-state index contributed by atoms with van der Waals surface area (Å²) in [6.45, 7) is -0.520. The highest BCUT2D eigenvalue weighted by Crippen LogP contribution is 2.31. The van der Waals surface area contributed by atoms with Gasteiger partial charge in [0.25, 0.3) is 6.43 Å². The molecular formula is C7H5BrClF2NO. The first-order valence-corrected chi connectivity index (χ1v) is 4.46. The van der Waals surface area contributed by atoms with Crippen molar-refractivity contribution in [2.24, 2.45) is 0 Å². The summed E-state index contributed by atoms with van der Waals surface area (Å²) in [6, 6.07) is 0. The van der Waals surface area contributed by atoms with Crippen LogP contribution in [0.3, 0.4) is 0 Å². The highest BCUT2D eigenvalue weighted by Gasteiger charge is 2.18. The molecule has 0 aliphatic rings. The van der Waals surface area contributed by atoms with E-state index in [2.05, 4.69) is 20.9 Å². The van der Waals surface area contributed by atoms with Gasteiger partial charge in [0.05, 0.1) is 11.6 Å². The normalized spacial score (nSPS) is 10.9. The van der Waals surface area contributed by atoms with Gasteiger partial charge in [0, 0.05) is 16.2 Å². The molecule has 72 valence electrons. The Morgan fingerprint density at radius 2 is 2.23 bits per heavy atom. The molecule has 0 amide bonds. The lowest BCUT2D eigenvalue weighted by Crippen LogP contribution is -1.99. The van der Waals surface area contributed by atoms with Gasteiger partial charge in [0.1, 0.15) is 5.69 Å². The smallest absolute Gasteiger partial charge is 0.280 e. The molecule has 13 heavy (non-hydrogen) atoms. The molecule has 1 heterocycles. The summed E-state index contributed by atoms with van der Waals surface area (Å²) in [5.74, 6) is 0. The zero-order chi connectivity index (χ0) is 10.0. The largest absolute Gasteiger partial charge is 0.392 e. The molecule has 0 aliphatic carbocycles. The molecule has 0 fully saturated rings. The highest BCUT2D eigenvalue weighted by atomic mass is 79.9. The SMILES string of the molecule is OCc1c(C(F)F)ncc(Cl)c1Br. The van der Waals surface area contributed by atoms with Gasteiger partial charge in [-0.1, -0.05) is 11.6 Å². The molecule has 6 heteroatoms. The second kappa shape index (κ2) is 4.30. The van der Waals surface area contributed by atoms with Gasteiger partial charge in [-0.3, -0.25) is 4.98 Å². The first-order valence-electron chi connectivity index (χ1n) is 3.29. The molecular weight excluding hydrogens is 267 g/mol. The molecule has 0 radical (unpaired) electrons. The van der Waals surface area contributed by atoms with Crippen LogP contribution < -0.4 is 0 Å². The van der Waals surface area contributed by atoms with Crippen LogP contribution in [0.1, 0.15) is 17.7 Å². The fourth-order valence-electron chi connectivity index (χ4n) is 0.856. The van der Waals surface area contributed by atoms with E-state index in [4.69, 9.17) is 16.7 Å². The van der Waals surface area contributed by atoms with Crippen molar-refractivity contribution in [3.8, 4) is 0 Å². The van der Waals surface area contributed by atoms with Crippen molar-refractivity contribution in [2.75, 3.05) is 0 Å². The van der Waals surface area contributed by atoms with Crippen LogP contribution in [0.4, 0.5) is 8.78 Å². The molecule has 0 bridgehead atoms. The summed E-state index contributed by atoms with van der Waals surface area (Å²) in [4.78, 5) is 3.44. The monoisotopic (exact) mass is 271 g/mol. The molecule has 0 unspecified atom stereocenters. The topological polar surface area (TPSA) is 33.1 Å². The Kier molecular flexibility index (Phi) is 3.58. The lowest BCUT2D eigenvalue weighted by Gasteiger charge is -2.08. The highest BCUT2D eigenvalue weighted by molar-refractivity contribution is 9.10. The number of aliphatic hydroxyl groups excluding tert-OH is 1. The summed E-state index contributed by atoms with van der Waals surface area (Å²) in [5.41, 5.74) is -0.415. The molecule has 0 saturated carbocycles. The van der Waals surface area contributed by atoms with E-state index in [9.17, 15) is 8.78 Å². The predicted molar refractivity (Wildman–Crippen MR) is 47.8 cm³/mol. The fraction of sp³-hybridized carbons (Fsp3) is 0.286. The Morgan fingerprint density at radius 3 is 2.69 bits per heavy atom. The molecule has 0 atom stereocenters. The van der Waals surface area contributed by atoms with E-state index in [1.54, 1.807) is 0 Å². The Labute approximate surface area is 86.7 Å². The third-order valence-corrected chi connectivity index (χ3v) is 2.89.